The first-order valence-corrected chi connectivity index (χ1v) is 5.80. The third-order valence-corrected chi connectivity index (χ3v) is 2.31. The minimum Gasteiger partial charge on any atom is -0.463 e. The SMILES string of the molecule is CCOC(=O)C(OC)(C(=O)OCC)c1ncccn1. The number of hydrogen-bond acceptors (Lipinski definition) is 7. The molecule has 7 heteroatoms. The minimum absolute atomic E-state index is 0.0934. The molecule has 0 radical (unpaired) electrons. The van der Waals surface area contributed by atoms with Crippen molar-refractivity contribution < 1.29 is 23.8 Å². The first kappa shape index (κ1) is 15.0. The van der Waals surface area contributed by atoms with Crippen LogP contribution >= 0.6 is 0 Å². The lowest BCUT2D eigenvalue weighted by Gasteiger charge is -2.25. The van der Waals surface area contributed by atoms with Crippen LogP contribution in [0.3, 0.4) is 0 Å². The Hall–Kier alpha value is -2.02. The molecular weight excluding hydrogens is 252 g/mol. The van der Waals surface area contributed by atoms with Crippen LogP contribution in [-0.2, 0) is 29.4 Å². The predicted molar refractivity (Wildman–Crippen MR) is 64.0 cm³/mol. The van der Waals surface area contributed by atoms with Crippen molar-refractivity contribution in [1.82, 2.24) is 9.97 Å². The summed E-state index contributed by atoms with van der Waals surface area (Å²) in [4.78, 5) is 32.0. The number of ether oxygens (including phenoxy) is 3. The highest BCUT2D eigenvalue weighted by Crippen LogP contribution is 2.25. The molecule has 0 fully saturated rings. The summed E-state index contributed by atoms with van der Waals surface area (Å²) in [6.07, 6.45) is 2.79. The van der Waals surface area contributed by atoms with Gasteiger partial charge in [0.25, 0.3) is 0 Å². The van der Waals surface area contributed by atoms with Gasteiger partial charge in [0, 0.05) is 19.5 Å². The highest BCUT2D eigenvalue weighted by atomic mass is 16.6. The van der Waals surface area contributed by atoms with E-state index in [1.165, 1.54) is 19.5 Å². The van der Waals surface area contributed by atoms with E-state index < -0.39 is 17.5 Å². The molecule has 0 unspecified atom stereocenters. The van der Waals surface area contributed by atoms with E-state index >= 15 is 0 Å². The number of carbonyl (C=O) groups excluding carboxylic acids is 2. The summed E-state index contributed by atoms with van der Waals surface area (Å²) in [6.45, 7) is 3.43. The number of rotatable bonds is 6. The summed E-state index contributed by atoms with van der Waals surface area (Å²) >= 11 is 0. The summed E-state index contributed by atoms with van der Waals surface area (Å²) < 4.78 is 14.8. The molecule has 1 aromatic heterocycles. The van der Waals surface area contributed by atoms with Gasteiger partial charge in [0.05, 0.1) is 13.2 Å². The molecule has 0 saturated carbocycles. The van der Waals surface area contributed by atoms with Crippen LogP contribution in [-0.4, -0.2) is 42.2 Å². The van der Waals surface area contributed by atoms with E-state index in [1.807, 2.05) is 0 Å². The highest BCUT2D eigenvalue weighted by Gasteiger charge is 2.54. The van der Waals surface area contributed by atoms with Crippen molar-refractivity contribution >= 4 is 11.9 Å². The zero-order chi connectivity index (χ0) is 14.3. The Morgan fingerprint density at radius 2 is 1.58 bits per heavy atom. The number of carbonyl (C=O) groups is 2. The smallest absolute Gasteiger partial charge is 0.358 e. The first-order valence-electron chi connectivity index (χ1n) is 5.80. The maximum Gasteiger partial charge on any atom is 0.358 e. The van der Waals surface area contributed by atoms with Crippen molar-refractivity contribution in [3.8, 4) is 0 Å². The summed E-state index contributed by atoms with van der Waals surface area (Å²) in [5.41, 5.74) is -2.09. The Kier molecular flexibility index (Phi) is 5.37. The van der Waals surface area contributed by atoms with Crippen LogP contribution in [0.4, 0.5) is 0 Å². The Morgan fingerprint density at radius 3 is 1.95 bits per heavy atom. The fourth-order valence-electron chi connectivity index (χ4n) is 1.47. The molecule has 0 aliphatic heterocycles. The Balaban J connectivity index is 3.29. The fourth-order valence-corrected chi connectivity index (χ4v) is 1.47. The van der Waals surface area contributed by atoms with Crippen LogP contribution in [0.2, 0.25) is 0 Å². The third-order valence-electron chi connectivity index (χ3n) is 2.31. The van der Waals surface area contributed by atoms with Gasteiger partial charge in [0.15, 0.2) is 5.82 Å². The van der Waals surface area contributed by atoms with Gasteiger partial charge in [-0.2, -0.15) is 0 Å². The topological polar surface area (TPSA) is 87.6 Å². The monoisotopic (exact) mass is 268 g/mol. The first-order chi connectivity index (χ1) is 9.13. The molecule has 1 heterocycles. The van der Waals surface area contributed by atoms with Crippen LogP contribution in [0.1, 0.15) is 19.7 Å². The predicted octanol–water partition coefficient (Wildman–Crippen LogP) is 0.444. The molecular formula is C12H16N2O5. The lowest BCUT2D eigenvalue weighted by molar-refractivity contribution is -0.190. The van der Waals surface area contributed by atoms with E-state index in [0.29, 0.717) is 0 Å². The number of nitrogens with zero attached hydrogens (tertiary/aromatic N) is 2. The number of esters is 2. The molecule has 1 aromatic rings. The second-order valence-electron chi connectivity index (χ2n) is 3.40. The van der Waals surface area contributed by atoms with E-state index in [4.69, 9.17) is 14.2 Å². The van der Waals surface area contributed by atoms with Crippen LogP contribution < -0.4 is 0 Å². The molecule has 0 spiro atoms. The van der Waals surface area contributed by atoms with E-state index in [1.54, 1.807) is 19.9 Å². The molecule has 0 bridgehead atoms. The van der Waals surface area contributed by atoms with Gasteiger partial charge in [-0.3, -0.25) is 0 Å². The highest BCUT2D eigenvalue weighted by molar-refractivity contribution is 6.03. The van der Waals surface area contributed by atoms with Crippen LogP contribution in [0.5, 0.6) is 0 Å². The van der Waals surface area contributed by atoms with Gasteiger partial charge in [-0.05, 0) is 19.9 Å². The number of aromatic nitrogens is 2. The van der Waals surface area contributed by atoms with Gasteiger partial charge in [-0.15, -0.1) is 0 Å². The largest absolute Gasteiger partial charge is 0.463 e. The Morgan fingerprint density at radius 1 is 1.11 bits per heavy atom. The molecule has 0 amide bonds. The second kappa shape index (κ2) is 6.79. The molecule has 0 N–H and O–H groups in total. The molecule has 19 heavy (non-hydrogen) atoms. The summed E-state index contributed by atoms with van der Waals surface area (Å²) in [7, 11) is 1.20. The van der Waals surface area contributed by atoms with E-state index in [-0.39, 0.29) is 19.0 Å². The molecule has 0 aromatic carbocycles. The van der Waals surface area contributed by atoms with Crippen LogP contribution in [0.25, 0.3) is 0 Å². The van der Waals surface area contributed by atoms with Crippen molar-refractivity contribution in [1.29, 1.82) is 0 Å². The zero-order valence-corrected chi connectivity index (χ0v) is 11.1. The van der Waals surface area contributed by atoms with Crippen molar-refractivity contribution in [2.24, 2.45) is 0 Å². The normalized spacial score (nSPS) is 10.9. The van der Waals surface area contributed by atoms with Gasteiger partial charge in [0.2, 0.25) is 0 Å². The molecule has 1 rings (SSSR count). The molecule has 7 nitrogen and oxygen atoms in total. The summed E-state index contributed by atoms with van der Waals surface area (Å²) in [6, 6.07) is 1.56. The maximum atomic E-state index is 12.1. The van der Waals surface area contributed by atoms with Gasteiger partial charge >= 0.3 is 17.5 Å². The maximum absolute atomic E-state index is 12.1. The Bertz CT molecular complexity index is 417. The van der Waals surface area contributed by atoms with Crippen molar-refractivity contribution in [2.45, 2.75) is 19.4 Å². The lowest BCUT2D eigenvalue weighted by atomic mass is 10.0. The summed E-state index contributed by atoms with van der Waals surface area (Å²) in [5.74, 6) is -1.92. The summed E-state index contributed by atoms with van der Waals surface area (Å²) in [5, 5.41) is 0. The van der Waals surface area contributed by atoms with Gasteiger partial charge < -0.3 is 14.2 Å². The van der Waals surface area contributed by atoms with E-state index in [9.17, 15) is 9.59 Å². The average molecular weight is 268 g/mol. The quantitative estimate of drug-likeness (QED) is 0.546. The lowest BCUT2D eigenvalue weighted by Crippen LogP contribution is -2.49. The Labute approximate surface area is 110 Å². The molecule has 0 saturated heterocycles. The zero-order valence-electron chi connectivity index (χ0n) is 11.1. The van der Waals surface area contributed by atoms with Crippen molar-refractivity contribution in [3.05, 3.63) is 24.3 Å². The van der Waals surface area contributed by atoms with Gasteiger partial charge in [0.1, 0.15) is 0 Å². The third kappa shape index (κ3) is 2.87. The van der Waals surface area contributed by atoms with E-state index in [0.717, 1.165) is 0 Å². The van der Waals surface area contributed by atoms with Crippen molar-refractivity contribution in [2.75, 3.05) is 20.3 Å². The van der Waals surface area contributed by atoms with E-state index in [2.05, 4.69) is 9.97 Å². The van der Waals surface area contributed by atoms with Crippen LogP contribution in [0.15, 0.2) is 18.5 Å². The second-order valence-corrected chi connectivity index (χ2v) is 3.40. The average Bonchev–Trinajstić information content (AvgIpc) is 2.42. The van der Waals surface area contributed by atoms with Crippen LogP contribution in [0, 0.1) is 0 Å². The number of hydrogen-bond donors (Lipinski definition) is 0. The fraction of sp³-hybridized carbons (Fsp3) is 0.500. The van der Waals surface area contributed by atoms with Gasteiger partial charge in [-0.1, -0.05) is 0 Å². The standard InChI is InChI=1S/C12H16N2O5/c1-4-18-10(15)12(17-3,11(16)19-5-2)9-13-7-6-8-14-9/h6-8H,4-5H2,1-3H3. The molecule has 0 atom stereocenters. The molecule has 0 aliphatic carbocycles. The molecule has 104 valence electrons. The number of methoxy groups -OCH3 is 1. The van der Waals surface area contributed by atoms with Crippen molar-refractivity contribution in [3.63, 3.8) is 0 Å². The molecule has 0 aliphatic rings. The van der Waals surface area contributed by atoms with Gasteiger partial charge in [-0.25, -0.2) is 19.6 Å². The minimum atomic E-state index is -2.09.